The number of ether oxygens (including phenoxy) is 2. The average Bonchev–Trinajstić information content (AvgIpc) is 3.36. The molecule has 0 radical (unpaired) electrons. The van der Waals surface area contributed by atoms with E-state index in [9.17, 15) is 0 Å². The molecule has 0 aliphatic carbocycles. The maximum Gasteiger partial charge on any atom is 0.237 e. The lowest BCUT2D eigenvalue weighted by molar-refractivity contribution is 0.357. The van der Waals surface area contributed by atoms with Crippen LogP contribution < -0.4 is 14.4 Å². The summed E-state index contributed by atoms with van der Waals surface area (Å²) < 4.78 is 15.3. The summed E-state index contributed by atoms with van der Waals surface area (Å²) in [5.41, 5.74) is 2.87. The number of imidazole rings is 1. The predicted molar refractivity (Wildman–Crippen MR) is 93.5 cm³/mol. The van der Waals surface area contributed by atoms with Crippen LogP contribution in [0, 0.1) is 0 Å². The zero-order chi connectivity index (χ0) is 16.8. The third kappa shape index (κ3) is 2.20. The van der Waals surface area contributed by atoms with Gasteiger partial charge >= 0.3 is 0 Å². The van der Waals surface area contributed by atoms with Crippen LogP contribution in [0.25, 0.3) is 17.3 Å². The topological polar surface area (TPSA) is 57.3 Å². The minimum absolute atomic E-state index is 0.654. The Hall–Kier alpha value is -3.22. The van der Waals surface area contributed by atoms with Crippen molar-refractivity contribution in [1.82, 2.24) is 19.3 Å². The first-order valence-electron chi connectivity index (χ1n) is 8.17. The summed E-state index contributed by atoms with van der Waals surface area (Å²) in [4.78, 5) is 6.48. The van der Waals surface area contributed by atoms with Crippen LogP contribution in [0.15, 0.2) is 42.9 Å². The van der Waals surface area contributed by atoms with E-state index >= 15 is 0 Å². The number of hydrogen-bond acceptors (Lipinski definition) is 5. The van der Waals surface area contributed by atoms with Gasteiger partial charge in [-0.1, -0.05) is 12.1 Å². The Morgan fingerprint density at radius 3 is 3.16 bits per heavy atom. The summed E-state index contributed by atoms with van der Waals surface area (Å²) in [6.07, 6.45) is 7.82. The first-order valence-corrected chi connectivity index (χ1v) is 8.17. The van der Waals surface area contributed by atoms with Crippen LogP contribution in [0.2, 0.25) is 0 Å². The van der Waals surface area contributed by atoms with Gasteiger partial charge in [0.2, 0.25) is 5.88 Å². The Kier molecular flexibility index (Phi) is 3.06. The number of anilines is 1. The monoisotopic (exact) mass is 335 g/mol. The molecule has 0 N–H and O–H groups in total. The highest BCUT2D eigenvalue weighted by Gasteiger charge is 2.29. The van der Waals surface area contributed by atoms with Crippen LogP contribution in [0.4, 0.5) is 5.69 Å². The number of hydrogen-bond donors (Lipinski definition) is 0. The van der Waals surface area contributed by atoms with E-state index in [1.807, 2.05) is 53.6 Å². The van der Waals surface area contributed by atoms with Gasteiger partial charge in [0.15, 0.2) is 0 Å². The lowest BCUT2D eigenvalue weighted by atomic mass is 10.1. The number of methoxy groups -OCH3 is 1. The van der Waals surface area contributed by atoms with Gasteiger partial charge in [-0.05, 0) is 18.2 Å². The van der Waals surface area contributed by atoms with Gasteiger partial charge in [-0.3, -0.25) is 0 Å². The van der Waals surface area contributed by atoms with Crippen molar-refractivity contribution in [3.05, 3.63) is 48.7 Å². The Morgan fingerprint density at radius 1 is 1.28 bits per heavy atom. The van der Waals surface area contributed by atoms with Gasteiger partial charge in [0.25, 0.3) is 0 Å². The van der Waals surface area contributed by atoms with Crippen molar-refractivity contribution in [2.75, 3.05) is 18.6 Å². The van der Waals surface area contributed by atoms with Gasteiger partial charge < -0.3 is 18.9 Å². The maximum atomic E-state index is 5.88. The molecule has 126 valence electrons. The highest BCUT2D eigenvalue weighted by molar-refractivity contribution is 5.81. The first-order chi connectivity index (χ1) is 12.3. The molecule has 4 heterocycles. The van der Waals surface area contributed by atoms with Crippen LogP contribution in [0.5, 0.6) is 11.6 Å². The third-order valence-electron chi connectivity index (χ3n) is 4.51. The largest absolute Gasteiger partial charge is 0.497 e. The van der Waals surface area contributed by atoms with E-state index in [1.165, 1.54) is 0 Å². The zero-order valence-corrected chi connectivity index (χ0v) is 13.8. The van der Waals surface area contributed by atoms with E-state index < -0.39 is 0 Å². The maximum absolute atomic E-state index is 5.88. The minimum Gasteiger partial charge on any atom is -0.497 e. The molecule has 25 heavy (non-hydrogen) atoms. The van der Waals surface area contributed by atoms with E-state index in [0.29, 0.717) is 13.3 Å². The normalized spacial score (nSPS) is 15.0. The molecule has 0 bridgehead atoms. The number of nitrogens with zero attached hydrogens (tertiary/aromatic N) is 5. The summed E-state index contributed by atoms with van der Waals surface area (Å²) in [5, 5.41) is 4.79. The predicted octanol–water partition coefficient (Wildman–Crippen LogP) is 2.60. The van der Waals surface area contributed by atoms with E-state index in [2.05, 4.69) is 14.5 Å². The second-order valence-corrected chi connectivity index (χ2v) is 5.99. The van der Waals surface area contributed by atoms with Crippen LogP contribution in [-0.2, 0) is 13.2 Å². The van der Waals surface area contributed by atoms with Crippen molar-refractivity contribution >= 4 is 11.8 Å². The van der Waals surface area contributed by atoms with Gasteiger partial charge in [0.1, 0.15) is 36.2 Å². The molecule has 0 saturated heterocycles. The fraction of sp³-hybridized carbons (Fsp3) is 0.222. The zero-order valence-electron chi connectivity index (χ0n) is 13.8. The van der Waals surface area contributed by atoms with E-state index in [-0.39, 0.29) is 0 Å². The minimum atomic E-state index is 0.654. The molecule has 0 spiro atoms. The molecular weight excluding hydrogens is 318 g/mol. The molecule has 1 aromatic carbocycles. The molecule has 0 saturated carbocycles. The summed E-state index contributed by atoms with van der Waals surface area (Å²) in [6.45, 7) is 2.09. The van der Waals surface area contributed by atoms with Gasteiger partial charge in [0, 0.05) is 24.2 Å². The fourth-order valence-electron chi connectivity index (χ4n) is 3.30. The number of benzene rings is 1. The number of aromatic nitrogens is 4. The molecule has 0 unspecified atom stereocenters. The Balaban J connectivity index is 1.63. The molecule has 7 nitrogen and oxygen atoms in total. The smallest absolute Gasteiger partial charge is 0.237 e. The van der Waals surface area contributed by atoms with Crippen LogP contribution >= 0.6 is 0 Å². The second-order valence-electron chi connectivity index (χ2n) is 5.99. The van der Waals surface area contributed by atoms with Crippen molar-refractivity contribution in [3.63, 3.8) is 0 Å². The summed E-state index contributed by atoms with van der Waals surface area (Å²) >= 11 is 0. The van der Waals surface area contributed by atoms with Crippen molar-refractivity contribution in [2.24, 2.45) is 0 Å². The second kappa shape index (κ2) is 5.41. The Labute approximate surface area is 144 Å². The molecule has 3 aromatic rings. The number of rotatable bonds is 3. The molecule has 0 fully saturated rings. The highest BCUT2D eigenvalue weighted by Crippen LogP contribution is 2.42. The SMILES string of the molecule is COc1cccc(-c2nn3c(c2N2C=Cc4nccn4C2)OCC3)c1. The van der Waals surface area contributed by atoms with Gasteiger partial charge in [-0.25, -0.2) is 9.67 Å². The van der Waals surface area contributed by atoms with Gasteiger partial charge in [-0.15, -0.1) is 0 Å². The molecule has 0 atom stereocenters. The van der Waals surface area contributed by atoms with Gasteiger partial charge in [0.05, 0.1) is 13.7 Å². The van der Waals surface area contributed by atoms with Crippen LogP contribution in [0.3, 0.4) is 0 Å². The van der Waals surface area contributed by atoms with Crippen molar-refractivity contribution in [3.8, 4) is 22.9 Å². The lowest BCUT2D eigenvalue weighted by Crippen LogP contribution is -2.24. The number of fused-ring (bicyclic) bond motifs is 2. The summed E-state index contributed by atoms with van der Waals surface area (Å²) in [5.74, 6) is 2.57. The van der Waals surface area contributed by atoms with Crippen molar-refractivity contribution < 1.29 is 9.47 Å². The summed E-state index contributed by atoms with van der Waals surface area (Å²) in [6, 6.07) is 7.95. The molecule has 2 aliphatic rings. The lowest BCUT2D eigenvalue weighted by Gasteiger charge is -2.25. The average molecular weight is 335 g/mol. The van der Waals surface area contributed by atoms with Crippen molar-refractivity contribution in [1.29, 1.82) is 0 Å². The molecule has 2 aromatic heterocycles. The van der Waals surface area contributed by atoms with E-state index in [1.54, 1.807) is 7.11 Å². The quantitative estimate of drug-likeness (QED) is 0.736. The molecule has 7 heteroatoms. The van der Waals surface area contributed by atoms with Crippen molar-refractivity contribution in [2.45, 2.75) is 13.2 Å². The Morgan fingerprint density at radius 2 is 2.24 bits per heavy atom. The Bertz CT molecular complexity index is 972. The molecule has 2 aliphatic heterocycles. The standard InChI is InChI=1S/C18H17N5O2/c1-24-14-4-2-3-13(11-14)16-17(18-23(20-16)9-10-25-18)22-7-5-15-19-6-8-21(15)12-22/h2-8,11H,9-10,12H2,1H3. The molecule has 5 rings (SSSR count). The molecule has 0 amide bonds. The molecular formula is C18H17N5O2. The van der Waals surface area contributed by atoms with Crippen LogP contribution in [0.1, 0.15) is 5.82 Å². The van der Waals surface area contributed by atoms with Gasteiger partial charge in [-0.2, -0.15) is 5.10 Å². The third-order valence-corrected chi connectivity index (χ3v) is 4.51. The highest BCUT2D eigenvalue weighted by atomic mass is 16.5. The first kappa shape index (κ1) is 14.2. The van der Waals surface area contributed by atoms with E-state index in [4.69, 9.17) is 14.6 Å². The van der Waals surface area contributed by atoms with Crippen LogP contribution in [-0.4, -0.2) is 33.0 Å². The summed E-state index contributed by atoms with van der Waals surface area (Å²) in [7, 11) is 1.67. The van der Waals surface area contributed by atoms with E-state index in [0.717, 1.165) is 40.9 Å². The fourth-order valence-corrected chi connectivity index (χ4v) is 3.30.